The molecule has 1 rings (SSSR count). The Labute approximate surface area is 132 Å². The molecule has 0 aliphatic heterocycles. The third kappa shape index (κ3) is 7.71. The predicted molar refractivity (Wildman–Crippen MR) is 79.4 cm³/mol. The molecule has 1 atom stereocenters. The van der Waals surface area contributed by atoms with Crippen LogP contribution in [-0.4, -0.2) is 41.0 Å². The SMILES string of the molecule is C=C(C)C(=O)OCC(COC(=O)c1ccccc1)OP(=O)(O)O. The number of ether oxygens (including phenoxy) is 2. The van der Waals surface area contributed by atoms with Gasteiger partial charge in [0.25, 0.3) is 0 Å². The summed E-state index contributed by atoms with van der Waals surface area (Å²) in [4.78, 5) is 40.7. The van der Waals surface area contributed by atoms with Crippen LogP contribution in [0.4, 0.5) is 0 Å². The number of esters is 2. The maximum Gasteiger partial charge on any atom is 0.470 e. The Morgan fingerprint density at radius 1 is 1.17 bits per heavy atom. The molecule has 0 aliphatic rings. The van der Waals surface area contributed by atoms with Crippen LogP contribution in [0, 0.1) is 0 Å². The number of carbonyl (C=O) groups excluding carboxylic acids is 2. The number of hydrogen-bond donors (Lipinski definition) is 2. The molecular formula is C14H17O8P. The van der Waals surface area contributed by atoms with Crippen LogP contribution in [0.15, 0.2) is 42.5 Å². The van der Waals surface area contributed by atoms with Crippen LogP contribution in [0.3, 0.4) is 0 Å². The minimum Gasteiger partial charge on any atom is -0.459 e. The highest BCUT2D eigenvalue weighted by Crippen LogP contribution is 2.37. The Kier molecular flexibility index (Phi) is 7.12. The maximum absolute atomic E-state index is 11.8. The zero-order chi connectivity index (χ0) is 17.5. The molecular weight excluding hydrogens is 327 g/mol. The van der Waals surface area contributed by atoms with Gasteiger partial charge in [-0.05, 0) is 19.1 Å². The lowest BCUT2D eigenvalue weighted by atomic mass is 10.2. The second kappa shape index (κ2) is 8.59. The van der Waals surface area contributed by atoms with Gasteiger partial charge in [-0.3, -0.25) is 4.52 Å². The molecule has 0 fully saturated rings. The number of phosphoric ester groups is 1. The second-order valence-electron chi connectivity index (χ2n) is 4.56. The van der Waals surface area contributed by atoms with Crippen molar-refractivity contribution in [1.29, 1.82) is 0 Å². The van der Waals surface area contributed by atoms with Crippen LogP contribution in [0.25, 0.3) is 0 Å². The number of hydrogen-bond acceptors (Lipinski definition) is 6. The topological polar surface area (TPSA) is 119 Å². The minimum absolute atomic E-state index is 0.112. The van der Waals surface area contributed by atoms with E-state index in [-0.39, 0.29) is 11.1 Å². The Hall–Kier alpha value is -1.99. The van der Waals surface area contributed by atoms with Crippen molar-refractivity contribution in [2.75, 3.05) is 13.2 Å². The van der Waals surface area contributed by atoms with Gasteiger partial charge in [-0.2, -0.15) is 0 Å². The van der Waals surface area contributed by atoms with E-state index in [0.29, 0.717) is 0 Å². The summed E-state index contributed by atoms with van der Waals surface area (Å²) in [5, 5.41) is 0. The summed E-state index contributed by atoms with van der Waals surface area (Å²) in [6.07, 6.45) is -1.31. The van der Waals surface area contributed by atoms with Gasteiger partial charge in [-0.1, -0.05) is 24.8 Å². The fraction of sp³-hybridized carbons (Fsp3) is 0.286. The standard InChI is InChI=1S/C14H17O8P/c1-10(2)13(15)20-8-12(22-23(17,18)19)9-21-14(16)11-6-4-3-5-7-11/h3-7,12H,1,8-9H2,2H3,(H2,17,18,19). The first-order valence-electron chi connectivity index (χ1n) is 6.48. The zero-order valence-corrected chi connectivity index (χ0v) is 13.3. The molecule has 0 saturated carbocycles. The summed E-state index contributed by atoms with van der Waals surface area (Å²) in [5.74, 6) is -1.45. The van der Waals surface area contributed by atoms with Crippen LogP contribution in [-0.2, 0) is 23.4 Å². The molecule has 0 radical (unpaired) electrons. The van der Waals surface area contributed by atoms with Gasteiger partial charge in [-0.15, -0.1) is 0 Å². The summed E-state index contributed by atoms with van der Waals surface area (Å²) < 4.78 is 25.0. The molecule has 1 aromatic rings. The first-order chi connectivity index (χ1) is 10.7. The molecule has 0 aromatic heterocycles. The Morgan fingerprint density at radius 2 is 1.74 bits per heavy atom. The van der Waals surface area contributed by atoms with Crippen molar-refractivity contribution in [3.8, 4) is 0 Å². The van der Waals surface area contributed by atoms with Gasteiger partial charge in [0, 0.05) is 5.57 Å². The highest BCUT2D eigenvalue weighted by Gasteiger charge is 2.25. The van der Waals surface area contributed by atoms with Gasteiger partial charge in [0.1, 0.15) is 19.3 Å². The molecule has 2 N–H and O–H groups in total. The Balaban J connectivity index is 2.62. The van der Waals surface area contributed by atoms with Gasteiger partial charge in [0.2, 0.25) is 0 Å². The molecule has 0 aliphatic carbocycles. The molecule has 126 valence electrons. The molecule has 1 unspecified atom stereocenters. The lowest BCUT2D eigenvalue weighted by Gasteiger charge is -2.18. The summed E-state index contributed by atoms with van der Waals surface area (Å²) >= 11 is 0. The largest absolute Gasteiger partial charge is 0.470 e. The third-order valence-electron chi connectivity index (χ3n) is 2.44. The fourth-order valence-corrected chi connectivity index (χ4v) is 1.93. The maximum atomic E-state index is 11.8. The van der Waals surface area contributed by atoms with Gasteiger partial charge in [0.15, 0.2) is 0 Å². The van der Waals surface area contributed by atoms with Crippen molar-refractivity contribution in [2.45, 2.75) is 13.0 Å². The molecule has 0 amide bonds. The third-order valence-corrected chi connectivity index (χ3v) is 3.02. The van der Waals surface area contributed by atoms with E-state index in [9.17, 15) is 14.2 Å². The average Bonchev–Trinajstić information content (AvgIpc) is 2.48. The van der Waals surface area contributed by atoms with Gasteiger partial charge in [0.05, 0.1) is 5.56 Å². The van der Waals surface area contributed by atoms with E-state index in [1.54, 1.807) is 18.2 Å². The van der Waals surface area contributed by atoms with Crippen LogP contribution in [0.5, 0.6) is 0 Å². The Bertz CT molecular complexity index is 606. The lowest BCUT2D eigenvalue weighted by molar-refractivity contribution is -0.142. The highest BCUT2D eigenvalue weighted by molar-refractivity contribution is 7.46. The predicted octanol–water partition coefficient (Wildman–Crippen LogP) is 1.44. The van der Waals surface area contributed by atoms with E-state index >= 15 is 0 Å². The number of rotatable bonds is 8. The van der Waals surface area contributed by atoms with Gasteiger partial charge < -0.3 is 19.3 Å². The number of benzene rings is 1. The van der Waals surface area contributed by atoms with E-state index < -0.39 is 39.1 Å². The van der Waals surface area contributed by atoms with E-state index in [2.05, 4.69) is 11.1 Å². The lowest BCUT2D eigenvalue weighted by Crippen LogP contribution is -2.28. The molecule has 0 spiro atoms. The van der Waals surface area contributed by atoms with Crippen LogP contribution in [0.1, 0.15) is 17.3 Å². The normalized spacial score (nSPS) is 12.3. The summed E-state index contributed by atoms with van der Waals surface area (Å²) in [5.41, 5.74) is 0.377. The smallest absolute Gasteiger partial charge is 0.459 e. The first-order valence-corrected chi connectivity index (χ1v) is 8.01. The highest BCUT2D eigenvalue weighted by atomic mass is 31.2. The van der Waals surface area contributed by atoms with Gasteiger partial charge in [-0.25, -0.2) is 14.2 Å². The second-order valence-corrected chi connectivity index (χ2v) is 5.75. The average molecular weight is 344 g/mol. The molecule has 0 heterocycles. The zero-order valence-electron chi connectivity index (χ0n) is 12.4. The fourth-order valence-electron chi connectivity index (χ4n) is 1.42. The number of phosphoric acid groups is 1. The molecule has 1 aromatic carbocycles. The summed E-state index contributed by atoms with van der Waals surface area (Å²) in [6.45, 7) is 3.78. The van der Waals surface area contributed by atoms with Crippen molar-refractivity contribution in [3.05, 3.63) is 48.0 Å². The van der Waals surface area contributed by atoms with E-state index in [4.69, 9.17) is 19.3 Å². The van der Waals surface area contributed by atoms with Crippen molar-refractivity contribution < 1.29 is 37.9 Å². The molecule has 8 nitrogen and oxygen atoms in total. The van der Waals surface area contributed by atoms with E-state index in [1.165, 1.54) is 19.1 Å². The van der Waals surface area contributed by atoms with E-state index in [1.807, 2.05) is 0 Å². The number of carbonyl (C=O) groups is 2. The quantitative estimate of drug-likeness (QED) is 0.413. The van der Waals surface area contributed by atoms with Crippen molar-refractivity contribution in [1.82, 2.24) is 0 Å². The molecule has 9 heteroatoms. The summed E-state index contributed by atoms with van der Waals surface area (Å²) in [7, 11) is -4.84. The summed E-state index contributed by atoms with van der Waals surface area (Å²) in [6, 6.07) is 8.02. The van der Waals surface area contributed by atoms with Crippen molar-refractivity contribution >= 4 is 19.8 Å². The first kappa shape index (κ1) is 19.1. The monoisotopic (exact) mass is 344 g/mol. The van der Waals surface area contributed by atoms with Crippen LogP contribution in [0.2, 0.25) is 0 Å². The molecule has 0 saturated heterocycles. The van der Waals surface area contributed by atoms with Crippen molar-refractivity contribution in [3.63, 3.8) is 0 Å². The molecule has 23 heavy (non-hydrogen) atoms. The molecule has 0 bridgehead atoms. The van der Waals surface area contributed by atoms with E-state index in [0.717, 1.165) is 0 Å². The van der Waals surface area contributed by atoms with Crippen molar-refractivity contribution in [2.24, 2.45) is 0 Å². The minimum atomic E-state index is -4.84. The Morgan fingerprint density at radius 3 is 2.26 bits per heavy atom. The van der Waals surface area contributed by atoms with Crippen LogP contribution < -0.4 is 0 Å². The van der Waals surface area contributed by atoms with Gasteiger partial charge >= 0.3 is 19.8 Å². The van der Waals surface area contributed by atoms with Crippen LogP contribution >= 0.6 is 7.82 Å².